The van der Waals surface area contributed by atoms with Crippen LogP contribution in [0.1, 0.15) is 36.5 Å². The van der Waals surface area contributed by atoms with E-state index in [-0.39, 0.29) is 22.7 Å². The molecule has 10 heteroatoms. The second-order valence-electron chi connectivity index (χ2n) is 8.88. The van der Waals surface area contributed by atoms with E-state index in [4.69, 9.17) is 0 Å². The number of rotatable bonds is 4. The fourth-order valence-corrected chi connectivity index (χ4v) is 5.47. The lowest BCUT2D eigenvalue weighted by Crippen LogP contribution is -2.64. The van der Waals surface area contributed by atoms with Gasteiger partial charge in [0.1, 0.15) is 28.8 Å². The quantitative estimate of drug-likeness (QED) is 0.782. The van der Waals surface area contributed by atoms with E-state index in [1.807, 2.05) is 6.92 Å². The van der Waals surface area contributed by atoms with Crippen molar-refractivity contribution >= 4 is 22.6 Å². The number of halogens is 1. The van der Waals surface area contributed by atoms with E-state index in [0.29, 0.717) is 12.1 Å². The van der Waals surface area contributed by atoms with E-state index in [0.717, 1.165) is 51.5 Å². The number of pyridine rings is 1. The smallest absolute Gasteiger partial charge is 0.341 e. The number of likely N-dealkylation sites (N-methyl/N-ethyl adjacent to an activating group) is 1. The van der Waals surface area contributed by atoms with Gasteiger partial charge in [0, 0.05) is 44.3 Å². The molecule has 1 aromatic carbocycles. The summed E-state index contributed by atoms with van der Waals surface area (Å²) in [6.07, 6.45) is 4.06. The fourth-order valence-electron chi connectivity index (χ4n) is 5.47. The van der Waals surface area contributed by atoms with Crippen molar-refractivity contribution in [3.05, 3.63) is 39.9 Å². The number of piperazine rings is 1. The van der Waals surface area contributed by atoms with Crippen LogP contribution in [0.5, 0.6) is 0 Å². The van der Waals surface area contributed by atoms with Crippen LogP contribution in [-0.2, 0) is 6.54 Å². The van der Waals surface area contributed by atoms with E-state index >= 15 is 4.39 Å². The van der Waals surface area contributed by atoms with Gasteiger partial charge in [0.15, 0.2) is 0 Å². The molecule has 2 fully saturated rings. The largest absolute Gasteiger partial charge is 0.477 e. The number of hydrogen-bond acceptors (Lipinski definition) is 7. The lowest BCUT2D eigenvalue weighted by atomic mass is 9.99. The molecular weight excluding hydrogens is 415 g/mol. The summed E-state index contributed by atoms with van der Waals surface area (Å²) in [7, 11) is 2.10. The van der Waals surface area contributed by atoms with Gasteiger partial charge in [0.05, 0.1) is 5.52 Å². The van der Waals surface area contributed by atoms with Crippen molar-refractivity contribution in [3.8, 4) is 0 Å². The number of nitrogens with zero attached hydrogens (tertiary/aromatic N) is 6. The number of aromatic carboxylic acids is 1. The van der Waals surface area contributed by atoms with Crippen LogP contribution < -0.4 is 10.4 Å². The normalized spacial score (nSPS) is 26.2. The molecule has 1 saturated heterocycles. The monoisotopic (exact) mass is 442 g/mol. The molecular formula is C22H27FN6O3. The van der Waals surface area contributed by atoms with Gasteiger partial charge in [-0.2, -0.15) is 5.11 Å². The topological polar surface area (TPSA) is 93.7 Å². The standard InChI is InChI=1S/C22H27FN6O3/c1-3-27-13-15(21(31)32)20(30)14-11-16(23)18(12-17(14)27)29-22(6-4-5-19(22)24-25-29)28-9-7-26(2)8-10-28/h11-13,19H,3-10H2,1-2H3,(H,31,32). The van der Waals surface area contributed by atoms with Gasteiger partial charge in [-0.3, -0.25) is 9.69 Å². The molecule has 2 aliphatic heterocycles. The lowest BCUT2D eigenvalue weighted by molar-refractivity contribution is 0.0410. The predicted molar refractivity (Wildman–Crippen MR) is 118 cm³/mol. The van der Waals surface area contributed by atoms with Crippen LogP contribution in [0.25, 0.3) is 10.9 Å². The first kappa shape index (κ1) is 21.0. The zero-order chi connectivity index (χ0) is 22.6. The Morgan fingerprint density at radius 1 is 1.28 bits per heavy atom. The van der Waals surface area contributed by atoms with Crippen molar-refractivity contribution in [2.75, 3.05) is 38.2 Å². The molecule has 2 unspecified atom stereocenters. The first-order chi connectivity index (χ1) is 15.4. The second kappa shape index (κ2) is 7.63. The highest BCUT2D eigenvalue weighted by Gasteiger charge is 2.57. The zero-order valence-corrected chi connectivity index (χ0v) is 18.3. The first-order valence-corrected chi connectivity index (χ1v) is 11.1. The van der Waals surface area contributed by atoms with Gasteiger partial charge in [-0.25, -0.2) is 14.2 Å². The molecule has 1 aromatic heterocycles. The second-order valence-corrected chi connectivity index (χ2v) is 8.88. The molecule has 2 atom stereocenters. The third-order valence-corrected chi connectivity index (χ3v) is 7.20. The highest BCUT2D eigenvalue weighted by Crippen LogP contribution is 2.48. The van der Waals surface area contributed by atoms with Crippen molar-refractivity contribution in [2.24, 2.45) is 10.3 Å². The molecule has 1 aliphatic carbocycles. The van der Waals surface area contributed by atoms with Gasteiger partial charge in [-0.15, -0.1) is 0 Å². The van der Waals surface area contributed by atoms with Crippen LogP contribution in [0.2, 0.25) is 0 Å². The van der Waals surface area contributed by atoms with Gasteiger partial charge in [-0.05, 0) is 45.4 Å². The molecule has 32 heavy (non-hydrogen) atoms. The van der Waals surface area contributed by atoms with Crippen LogP contribution in [0.4, 0.5) is 10.1 Å². The van der Waals surface area contributed by atoms with Crippen molar-refractivity contribution < 1.29 is 14.3 Å². The summed E-state index contributed by atoms with van der Waals surface area (Å²) in [5, 5.41) is 20.1. The highest BCUT2D eigenvalue weighted by atomic mass is 19.1. The van der Waals surface area contributed by atoms with Crippen LogP contribution in [0.15, 0.2) is 33.5 Å². The van der Waals surface area contributed by atoms with Gasteiger partial charge >= 0.3 is 5.97 Å². The van der Waals surface area contributed by atoms with E-state index in [1.165, 1.54) is 6.20 Å². The first-order valence-electron chi connectivity index (χ1n) is 11.1. The molecule has 0 spiro atoms. The van der Waals surface area contributed by atoms with Crippen molar-refractivity contribution in [2.45, 2.75) is 44.4 Å². The molecule has 2 aromatic rings. The summed E-state index contributed by atoms with van der Waals surface area (Å²) in [6, 6.07) is 2.75. The van der Waals surface area contributed by atoms with Crippen molar-refractivity contribution in [1.82, 2.24) is 14.4 Å². The minimum absolute atomic E-state index is 0.0243. The SMILES string of the molecule is CCn1cc(C(=O)O)c(=O)c2cc(F)c(N3N=NC4CCCC43N3CCN(C)CC3)cc21. The minimum Gasteiger partial charge on any atom is -0.477 e. The molecule has 0 amide bonds. The molecule has 0 bridgehead atoms. The Hall–Kier alpha value is -2.85. The van der Waals surface area contributed by atoms with Gasteiger partial charge in [0.25, 0.3) is 0 Å². The number of benzene rings is 1. The maximum atomic E-state index is 15.5. The van der Waals surface area contributed by atoms with E-state index < -0.39 is 22.9 Å². The minimum atomic E-state index is -1.32. The molecule has 0 radical (unpaired) electrons. The van der Waals surface area contributed by atoms with Crippen LogP contribution in [0.3, 0.4) is 0 Å². The summed E-state index contributed by atoms with van der Waals surface area (Å²) in [6.45, 7) is 5.85. The summed E-state index contributed by atoms with van der Waals surface area (Å²) in [4.78, 5) is 28.9. The molecule has 3 heterocycles. The summed E-state index contributed by atoms with van der Waals surface area (Å²) >= 11 is 0. The summed E-state index contributed by atoms with van der Waals surface area (Å²) in [5.41, 5.74) is -0.789. The van der Waals surface area contributed by atoms with Gasteiger partial charge < -0.3 is 14.6 Å². The number of carboxylic acid groups (broad SMARTS) is 1. The fraction of sp³-hybridized carbons (Fsp3) is 0.545. The lowest BCUT2D eigenvalue weighted by Gasteiger charge is -2.48. The maximum Gasteiger partial charge on any atom is 0.341 e. The van der Waals surface area contributed by atoms with Crippen molar-refractivity contribution in [3.63, 3.8) is 0 Å². The van der Waals surface area contributed by atoms with E-state index in [9.17, 15) is 14.7 Å². The molecule has 9 nitrogen and oxygen atoms in total. The third-order valence-electron chi connectivity index (χ3n) is 7.20. The van der Waals surface area contributed by atoms with E-state index in [2.05, 4.69) is 27.2 Å². The number of hydrogen-bond donors (Lipinski definition) is 1. The van der Waals surface area contributed by atoms with Gasteiger partial charge in [-0.1, -0.05) is 5.22 Å². The van der Waals surface area contributed by atoms with Crippen LogP contribution in [-0.4, -0.2) is 70.4 Å². The summed E-state index contributed by atoms with van der Waals surface area (Å²) < 4.78 is 17.2. The van der Waals surface area contributed by atoms with Crippen LogP contribution in [0, 0.1) is 5.82 Å². The number of carbonyl (C=O) groups is 1. The highest BCUT2D eigenvalue weighted by molar-refractivity contribution is 5.93. The number of aromatic nitrogens is 1. The number of aryl methyl sites for hydroxylation is 1. The Bertz CT molecular complexity index is 1170. The van der Waals surface area contributed by atoms with Crippen LogP contribution >= 0.6 is 0 Å². The molecule has 170 valence electrons. The van der Waals surface area contributed by atoms with Gasteiger partial charge in [0.2, 0.25) is 5.43 Å². The average Bonchev–Trinajstić information content (AvgIpc) is 3.34. The van der Waals surface area contributed by atoms with E-state index in [1.54, 1.807) is 15.6 Å². The molecule has 1 saturated carbocycles. The Morgan fingerprint density at radius 3 is 2.72 bits per heavy atom. The Morgan fingerprint density at radius 2 is 2.03 bits per heavy atom. The maximum absolute atomic E-state index is 15.5. The zero-order valence-electron chi connectivity index (χ0n) is 18.3. The Balaban J connectivity index is 1.66. The molecule has 1 N–H and O–H groups in total. The summed E-state index contributed by atoms with van der Waals surface area (Å²) in [5.74, 6) is -1.92. The number of carboxylic acids is 1. The Labute approximate surface area is 184 Å². The third kappa shape index (κ3) is 2.96. The number of anilines is 1. The number of fused-ring (bicyclic) bond motifs is 2. The predicted octanol–water partition coefficient (Wildman–Crippen LogP) is 2.54. The average molecular weight is 442 g/mol. The molecule has 5 rings (SSSR count). The Kier molecular flexibility index (Phi) is 5.01. The molecule has 3 aliphatic rings. The van der Waals surface area contributed by atoms with Crippen molar-refractivity contribution in [1.29, 1.82) is 0 Å².